The van der Waals surface area contributed by atoms with E-state index in [-0.39, 0.29) is 6.04 Å². The zero-order chi connectivity index (χ0) is 13.7. The van der Waals surface area contributed by atoms with Crippen LogP contribution >= 0.6 is 11.3 Å². The van der Waals surface area contributed by atoms with Crippen LogP contribution in [-0.2, 0) is 4.74 Å². The molecule has 4 nitrogen and oxygen atoms in total. The van der Waals surface area contributed by atoms with Gasteiger partial charge < -0.3 is 15.4 Å². The van der Waals surface area contributed by atoms with Crippen molar-refractivity contribution in [2.45, 2.75) is 33.7 Å². The van der Waals surface area contributed by atoms with Crippen LogP contribution in [0.4, 0.5) is 5.13 Å². The number of hydrogen-bond acceptors (Lipinski definition) is 5. The van der Waals surface area contributed by atoms with E-state index in [1.165, 1.54) is 4.88 Å². The first-order valence-electron chi connectivity index (χ1n) is 6.42. The SMILES string of the molecule is COCCN(CC(C)C)c1nc(C)c(C(C)N)s1. The largest absolute Gasteiger partial charge is 0.383 e. The molecule has 0 aliphatic carbocycles. The summed E-state index contributed by atoms with van der Waals surface area (Å²) in [6, 6.07) is 0.0552. The third-order valence-corrected chi connectivity index (χ3v) is 4.08. The summed E-state index contributed by atoms with van der Waals surface area (Å²) in [5.41, 5.74) is 7.01. The lowest BCUT2D eigenvalue weighted by molar-refractivity contribution is 0.204. The van der Waals surface area contributed by atoms with Crippen LogP contribution in [-0.4, -0.2) is 31.8 Å². The Morgan fingerprint density at radius 2 is 2.06 bits per heavy atom. The van der Waals surface area contributed by atoms with Crippen LogP contribution in [0.1, 0.15) is 37.4 Å². The van der Waals surface area contributed by atoms with Gasteiger partial charge in [-0.25, -0.2) is 4.98 Å². The number of anilines is 1. The molecule has 1 aromatic rings. The molecule has 5 heteroatoms. The number of nitrogens with two attached hydrogens (primary N) is 1. The lowest BCUT2D eigenvalue weighted by Gasteiger charge is -2.23. The minimum atomic E-state index is 0.0552. The molecule has 0 amide bonds. The average Bonchev–Trinajstić information content (AvgIpc) is 2.66. The highest BCUT2D eigenvalue weighted by molar-refractivity contribution is 7.15. The molecule has 0 radical (unpaired) electrons. The van der Waals surface area contributed by atoms with Crippen LogP contribution in [0, 0.1) is 12.8 Å². The first-order chi connectivity index (χ1) is 8.45. The summed E-state index contributed by atoms with van der Waals surface area (Å²) in [5.74, 6) is 0.602. The van der Waals surface area contributed by atoms with E-state index >= 15 is 0 Å². The molecule has 1 heterocycles. The highest BCUT2D eigenvalue weighted by Crippen LogP contribution is 2.30. The van der Waals surface area contributed by atoms with E-state index in [0.717, 1.165) is 30.5 Å². The molecule has 0 bridgehead atoms. The van der Waals surface area contributed by atoms with Gasteiger partial charge in [0, 0.05) is 31.1 Å². The van der Waals surface area contributed by atoms with Crippen molar-refractivity contribution in [1.29, 1.82) is 0 Å². The highest BCUT2D eigenvalue weighted by Gasteiger charge is 2.16. The zero-order valence-corrected chi connectivity index (χ0v) is 12.9. The van der Waals surface area contributed by atoms with Crippen LogP contribution in [0.2, 0.25) is 0 Å². The fraction of sp³-hybridized carbons (Fsp3) is 0.769. The quantitative estimate of drug-likeness (QED) is 0.828. The van der Waals surface area contributed by atoms with Crippen LogP contribution in [0.25, 0.3) is 0 Å². The number of hydrogen-bond donors (Lipinski definition) is 1. The summed E-state index contributed by atoms with van der Waals surface area (Å²) in [7, 11) is 1.73. The minimum absolute atomic E-state index is 0.0552. The van der Waals surface area contributed by atoms with E-state index in [9.17, 15) is 0 Å². The predicted molar refractivity (Wildman–Crippen MR) is 78.4 cm³/mol. The van der Waals surface area contributed by atoms with Crippen molar-refractivity contribution >= 4 is 16.5 Å². The van der Waals surface area contributed by atoms with Gasteiger partial charge in [-0.2, -0.15) is 0 Å². The fourth-order valence-corrected chi connectivity index (χ4v) is 2.91. The molecule has 0 aliphatic heterocycles. The smallest absolute Gasteiger partial charge is 0.185 e. The summed E-state index contributed by atoms with van der Waals surface area (Å²) in [4.78, 5) is 8.11. The lowest BCUT2D eigenvalue weighted by atomic mass is 10.2. The van der Waals surface area contributed by atoms with Gasteiger partial charge in [0.2, 0.25) is 0 Å². The van der Waals surface area contributed by atoms with Gasteiger partial charge in [-0.15, -0.1) is 11.3 Å². The number of thiazole rings is 1. The number of ether oxygens (including phenoxy) is 1. The molecule has 1 aromatic heterocycles. The molecule has 0 aliphatic rings. The monoisotopic (exact) mass is 271 g/mol. The van der Waals surface area contributed by atoms with Crippen molar-refractivity contribution in [3.05, 3.63) is 10.6 Å². The summed E-state index contributed by atoms with van der Waals surface area (Å²) >= 11 is 1.70. The van der Waals surface area contributed by atoms with Crippen LogP contribution in [0.3, 0.4) is 0 Å². The summed E-state index contributed by atoms with van der Waals surface area (Å²) < 4.78 is 5.17. The van der Waals surface area contributed by atoms with Crippen molar-refractivity contribution in [3.8, 4) is 0 Å². The maximum Gasteiger partial charge on any atom is 0.185 e. The Balaban J connectivity index is 2.86. The number of nitrogens with zero attached hydrogens (tertiary/aromatic N) is 2. The minimum Gasteiger partial charge on any atom is -0.383 e. The van der Waals surface area contributed by atoms with E-state index in [4.69, 9.17) is 10.5 Å². The molecule has 0 spiro atoms. The third-order valence-electron chi connectivity index (χ3n) is 2.66. The Bertz CT molecular complexity index is 363. The van der Waals surface area contributed by atoms with E-state index in [0.29, 0.717) is 5.92 Å². The Labute approximate surface area is 114 Å². The molecule has 18 heavy (non-hydrogen) atoms. The van der Waals surface area contributed by atoms with Crippen molar-refractivity contribution in [1.82, 2.24) is 4.98 Å². The molecule has 0 saturated heterocycles. The molecule has 104 valence electrons. The van der Waals surface area contributed by atoms with Gasteiger partial charge >= 0.3 is 0 Å². The molecule has 1 atom stereocenters. The maximum absolute atomic E-state index is 5.96. The first kappa shape index (κ1) is 15.4. The van der Waals surface area contributed by atoms with Crippen molar-refractivity contribution < 1.29 is 4.74 Å². The molecule has 1 rings (SSSR count). The summed E-state index contributed by atoms with van der Waals surface area (Å²) in [6.07, 6.45) is 0. The van der Waals surface area contributed by atoms with E-state index in [1.54, 1.807) is 18.4 Å². The normalized spacial score (nSPS) is 13.1. The lowest BCUT2D eigenvalue weighted by Crippen LogP contribution is -2.30. The topological polar surface area (TPSA) is 51.4 Å². The second-order valence-electron chi connectivity index (χ2n) is 5.07. The highest BCUT2D eigenvalue weighted by atomic mass is 32.1. The number of rotatable bonds is 7. The molecule has 0 aromatic carbocycles. The van der Waals surface area contributed by atoms with Crippen molar-refractivity contribution in [2.24, 2.45) is 11.7 Å². The Hall–Kier alpha value is -0.650. The Morgan fingerprint density at radius 3 is 2.50 bits per heavy atom. The first-order valence-corrected chi connectivity index (χ1v) is 7.24. The number of aryl methyl sites for hydroxylation is 1. The third kappa shape index (κ3) is 4.23. The summed E-state index contributed by atoms with van der Waals surface area (Å²) in [6.45, 7) is 11.1. The van der Waals surface area contributed by atoms with Crippen LogP contribution in [0.5, 0.6) is 0 Å². The van der Waals surface area contributed by atoms with Gasteiger partial charge in [0.15, 0.2) is 5.13 Å². The molecule has 0 fully saturated rings. The van der Waals surface area contributed by atoms with E-state index in [1.807, 2.05) is 13.8 Å². The average molecular weight is 271 g/mol. The fourth-order valence-electron chi connectivity index (χ4n) is 1.86. The molecular formula is C13H25N3OS. The van der Waals surface area contributed by atoms with Crippen LogP contribution < -0.4 is 10.6 Å². The standard InChI is InChI=1S/C13H25N3OS/c1-9(2)8-16(6-7-17-5)13-15-11(4)12(18-13)10(3)14/h9-10H,6-8,14H2,1-5H3. The molecule has 2 N–H and O–H groups in total. The van der Waals surface area contributed by atoms with Crippen molar-refractivity contribution in [2.75, 3.05) is 31.7 Å². The predicted octanol–water partition coefficient (Wildman–Crippen LogP) is 2.58. The van der Waals surface area contributed by atoms with Gasteiger partial charge in [0.25, 0.3) is 0 Å². The Kier molecular flexibility index (Phi) is 6.05. The van der Waals surface area contributed by atoms with E-state index < -0.39 is 0 Å². The van der Waals surface area contributed by atoms with Gasteiger partial charge in [-0.05, 0) is 19.8 Å². The van der Waals surface area contributed by atoms with Gasteiger partial charge in [-0.1, -0.05) is 13.8 Å². The van der Waals surface area contributed by atoms with Crippen molar-refractivity contribution in [3.63, 3.8) is 0 Å². The second-order valence-corrected chi connectivity index (χ2v) is 6.08. The Morgan fingerprint density at radius 1 is 1.39 bits per heavy atom. The second kappa shape index (κ2) is 7.07. The van der Waals surface area contributed by atoms with Gasteiger partial charge in [-0.3, -0.25) is 0 Å². The number of aromatic nitrogens is 1. The maximum atomic E-state index is 5.96. The van der Waals surface area contributed by atoms with Crippen LogP contribution in [0.15, 0.2) is 0 Å². The zero-order valence-electron chi connectivity index (χ0n) is 12.1. The summed E-state index contributed by atoms with van der Waals surface area (Å²) in [5, 5.41) is 1.06. The number of methoxy groups -OCH3 is 1. The molecule has 0 saturated carbocycles. The molecule has 1 unspecified atom stereocenters. The van der Waals surface area contributed by atoms with Gasteiger partial charge in [0.1, 0.15) is 0 Å². The van der Waals surface area contributed by atoms with E-state index in [2.05, 4.69) is 23.7 Å². The van der Waals surface area contributed by atoms with Gasteiger partial charge in [0.05, 0.1) is 12.3 Å². The molecular weight excluding hydrogens is 246 g/mol.